The highest BCUT2D eigenvalue weighted by Gasteiger charge is 2.22. The Morgan fingerprint density at radius 2 is 2.44 bits per heavy atom. The third-order valence-corrected chi connectivity index (χ3v) is 3.10. The highest BCUT2D eigenvalue weighted by Crippen LogP contribution is 2.15. The molecule has 4 nitrogen and oxygen atoms in total. The van der Waals surface area contributed by atoms with E-state index in [9.17, 15) is 4.79 Å². The van der Waals surface area contributed by atoms with Crippen LogP contribution in [0, 0.1) is 5.92 Å². The molecule has 1 heterocycles. The molecule has 2 N–H and O–H groups in total. The first-order chi connectivity index (χ1) is 8.79. The van der Waals surface area contributed by atoms with Crippen LogP contribution < -0.4 is 10.6 Å². The lowest BCUT2D eigenvalue weighted by Crippen LogP contribution is -2.24. The zero-order valence-corrected chi connectivity index (χ0v) is 10.7. The van der Waals surface area contributed by atoms with Crippen LogP contribution in [-0.4, -0.2) is 25.6 Å². The second-order valence-electron chi connectivity index (χ2n) is 4.52. The van der Waals surface area contributed by atoms with Crippen molar-refractivity contribution >= 4 is 11.6 Å². The van der Waals surface area contributed by atoms with Crippen LogP contribution in [0.5, 0.6) is 0 Å². The van der Waals surface area contributed by atoms with Crippen LogP contribution >= 0.6 is 0 Å². The lowest BCUT2D eigenvalue weighted by molar-refractivity contribution is -0.119. The Balaban J connectivity index is 1.93. The van der Waals surface area contributed by atoms with Crippen LogP contribution in [0.1, 0.15) is 18.9 Å². The van der Waals surface area contributed by atoms with Gasteiger partial charge in [-0.25, -0.2) is 0 Å². The predicted molar refractivity (Wildman–Crippen MR) is 71.4 cm³/mol. The Morgan fingerprint density at radius 3 is 3.17 bits per heavy atom. The molecule has 1 unspecified atom stereocenters. The monoisotopic (exact) mass is 248 g/mol. The number of anilines is 1. The van der Waals surface area contributed by atoms with Gasteiger partial charge in [0, 0.05) is 18.8 Å². The van der Waals surface area contributed by atoms with Gasteiger partial charge in [-0.3, -0.25) is 4.79 Å². The van der Waals surface area contributed by atoms with Crippen molar-refractivity contribution in [2.75, 3.05) is 25.0 Å². The summed E-state index contributed by atoms with van der Waals surface area (Å²) >= 11 is 0. The van der Waals surface area contributed by atoms with E-state index in [1.165, 1.54) is 0 Å². The zero-order chi connectivity index (χ0) is 12.8. The van der Waals surface area contributed by atoms with Crippen molar-refractivity contribution < 1.29 is 9.53 Å². The average molecular weight is 248 g/mol. The molecule has 98 valence electrons. The first-order valence-corrected chi connectivity index (χ1v) is 6.48. The van der Waals surface area contributed by atoms with Gasteiger partial charge in [0.15, 0.2) is 0 Å². The highest BCUT2D eigenvalue weighted by molar-refractivity contribution is 5.92. The molecular formula is C14H20N2O2. The molecule has 1 aliphatic heterocycles. The topological polar surface area (TPSA) is 50.4 Å². The number of benzene rings is 1. The van der Waals surface area contributed by atoms with E-state index in [-0.39, 0.29) is 11.8 Å². The van der Waals surface area contributed by atoms with E-state index < -0.39 is 0 Å². The van der Waals surface area contributed by atoms with Crippen molar-refractivity contribution in [3.8, 4) is 0 Å². The first-order valence-electron chi connectivity index (χ1n) is 6.48. The summed E-state index contributed by atoms with van der Waals surface area (Å²) in [4.78, 5) is 12.0. The summed E-state index contributed by atoms with van der Waals surface area (Å²) in [7, 11) is 0. The minimum Gasteiger partial charge on any atom is -0.377 e. The number of nitrogens with one attached hydrogen (secondary N) is 2. The number of rotatable bonds is 5. The van der Waals surface area contributed by atoms with Gasteiger partial charge >= 0.3 is 0 Å². The molecule has 1 atom stereocenters. The fourth-order valence-corrected chi connectivity index (χ4v) is 2.08. The fourth-order valence-electron chi connectivity index (χ4n) is 2.08. The van der Waals surface area contributed by atoms with Crippen molar-refractivity contribution in [2.45, 2.75) is 20.0 Å². The number of carbonyl (C=O) groups excluding carboxylic acids is 1. The van der Waals surface area contributed by atoms with Gasteiger partial charge in [0.2, 0.25) is 5.91 Å². The van der Waals surface area contributed by atoms with E-state index in [0.29, 0.717) is 13.2 Å². The van der Waals surface area contributed by atoms with Crippen LogP contribution in [0.15, 0.2) is 24.3 Å². The Kier molecular flexibility index (Phi) is 4.73. The smallest absolute Gasteiger partial charge is 0.228 e. The number of amides is 1. The van der Waals surface area contributed by atoms with Gasteiger partial charge in [-0.1, -0.05) is 12.1 Å². The van der Waals surface area contributed by atoms with Crippen LogP contribution in [0.4, 0.5) is 5.69 Å². The molecule has 1 aromatic carbocycles. The molecule has 0 radical (unpaired) electrons. The van der Waals surface area contributed by atoms with Crippen LogP contribution in [0.2, 0.25) is 0 Å². The molecular weight excluding hydrogens is 228 g/mol. The van der Waals surface area contributed by atoms with Crippen molar-refractivity contribution in [3.05, 3.63) is 29.8 Å². The maximum Gasteiger partial charge on any atom is 0.228 e. The van der Waals surface area contributed by atoms with E-state index in [4.69, 9.17) is 4.74 Å². The number of hydrogen-bond acceptors (Lipinski definition) is 3. The van der Waals surface area contributed by atoms with E-state index in [0.717, 1.165) is 30.8 Å². The Hall–Kier alpha value is -1.39. The summed E-state index contributed by atoms with van der Waals surface area (Å²) in [5.41, 5.74) is 1.93. The third-order valence-electron chi connectivity index (χ3n) is 3.10. The van der Waals surface area contributed by atoms with Crippen LogP contribution in [-0.2, 0) is 16.1 Å². The second kappa shape index (κ2) is 6.52. The Bertz CT molecular complexity index is 401. The first kappa shape index (κ1) is 13.1. The minimum absolute atomic E-state index is 0.0977. The molecule has 0 saturated carbocycles. The minimum atomic E-state index is 0.0977. The SMILES string of the molecule is CCOCc1cccc(NC(=O)C2CCNC2)c1. The highest BCUT2D eigenvalue weighted by atomic mass is 16.5. The molecule has 0 aliphatic carbocycles. The molecule has 4 heteroatoms. The van der Waals surface area contributed by atoms with Gasteiger partial charge < -0.3 is 15.4 Å². The maximum atomic E-state index is 12.0. The number of ether oxygens (including phenoxy) is 1. The molecule has 2 rings (SSSR count). The van der Waals surface area contributed by atoms with Crippen LogP contribution in [0.3, 0.4) is 0 Å². The second-order valence-corrected chi connectivity index (χ2v) is 4.52. The maximum absolute atomic E-state index is 12.0. The molecule has 1 amide bonds. The van der Waals surface area contributed by atoms with Crippen molar-refractivity contribution in [2.24, 2.45) is 5.92 Å². The summed E-state index contributed by atoms with van der Waals surface area (Å²) in [5.74, 6) is 0.203. The fraction of sp³-hybridized carbons (Fsp3) is 0.500. The molecule has 1 aromatic rings. The molecule has 0 spiro atoms. The van der Waals surface area contributed by atoms with E-state index in [1.807, 2.05) is 31.2 Å². The molecule has 1 aliphatic rings. The summed E-state index contributed by atoms with van der Waals surface area (Å²) in [6, 6.07) is 7.82. The molecule has 18 heavy (non-hydrogen) atoms. The summed E-state index contributed by atoms with van der Waals surface area (Å²) in [5, 5.41) is 6.16. The van der Waals surface area contributed by atoms with Gasteiger partial charge in [-0.15, -0.1) is 0 Å². The van der Waals surface area contributed by atoms with E-state index in [1.54, 1.807) is 0 Å². The summed E-state index contributed by atoms with van der Waals surface area (Å²) in [6.07, 6.45) is 0.921. The van der Waals surface area contributed by atoms with Gasteiger partial charge in [0.1, 0.15) is 0 Å². The zero-order valence-electron chi connectivity index (χ0n) is 10.7. The van der Waals surface area contributed by atoms with Crippen molar-refractivity contribution in [3.63, 3.8) is 0 Å². The summed E-state index contributed by atoms with van der Waals surface area (Å²) < 4.78 is 5.36. The quantitative estimate of drug-likeness (QED) is 0.835. The Morgan fingerprint density at radius 1 is 1.56 bits per heavy atom. The van der Waals surface area contributed by atoms with Gasteiger partial charge in [0.25, 0.3) is 0 Å². The lowest BCUT2D eigenvalue weighted by atomic mass is 10.1. The Labute approximate surface area is 108 Å². The van der Waals surface area contributed by atoms with Crippen molar-refractivity contribution in [1.82, 2.24) is 5.32 Å². The average Bonchev–Trinajstić information content (AvgIpc) is 2.91. The molecule has 1 saturated heterocycles. The summed E-state index contributed by atoms with van der Waals surface area (Å²) in [6.45, 7) is 4.97. The standard InChI is InChI=1S/C14H20N2O2/c1-2-18-10-11-4-3-5-13(8-11)16-14(17)12-6-7-15-9-12/h3-5,8,12,15H,2,6-7,9-10H2,1H3,(H,16,17). The van der Waals surface area contributed by atoms with Crippen molar-refractivity contribution in [1.29, 1.82) is 0 Å². The number of hydrogen-bond donors (Lipinski definition) is 2. The molecule has 0 bridgehead atoms. The predicted octanol–water partition coefficient (Wildman–Crippen LogP) is 1.77. The van der Waals surface area contributed by atoms with Gasteiger partial charge in [-0.2, -0.15) is 0 Å². The normalized spacial score (nSPS) is 18.8. The third kappa shape index (κ3) is 3.55. The molecule has 1 fully saturated rings. The largest absolute Gasteiger partial charge is 0.377 e. The van der Waals surface area contributed by atoms with E-state index in [2.05, 4.69) is 10.6 Å². The van der Waals surface area contributed by atoms with Crippen LogP contribution in [0.25, 0.3) is 0 Å². The lowest BCUT2D eigenvalue weighted by Gasteiger charge is -2.11. The van der Waals surface area contributed by atoms with Gasteiger partial charge in [0.05, 0.1) is 12.5 Å². The van der Waals surface area contributed by atoms with E-state index >= 15 is 0 Å². The molecule has 0 aromatic heterocycles. The van der Waals surface area contributed by atoms with Gasteiger partial charge in [-0.05, 0) is 37.6 Å². The number of carbonyl (C=O) groups is 1.